The van der Waals surface area contributed by atoms with Crippen molar-refractivity contribution in [3.8, 4) is 0 Å². The molecule has 0 spiro atoms. The second-order valence-electron chi connectivity index (χ2n) is 4.16. The zero-order valence-corrected chi connectivity index (χ0v) is 11.2. The van der Waals surface area contributed by atoms with E-state index in [0.29, 0.717) is 4.90 Å². The molecule has 0 amide bonds. The van der Waals surface area contributed by atoms with Crippen molar-refractivity contribution >= 4 is 16.6 Å². The van der Waals surface area contributed by atoms with E-state index in [-0.39, 0.29) is 11.3 Å². The van der Waals surface area contributed by atoms with Crippen molar-refractivity contribution < 1.29 is 13.4 Å². The van der Waals surface area contributed by atoms with Gasteiger partial charge in [-0.25, -0.2) is 4.39 Å². The van der Waals surface area contributed by atoms with Gasteiger partial charge in [0.1, 0.15) is 5.82 Å². The van der Waals surface area contributed by atoms with Crippen LogP contribution in [0.5, 0.6) is 0 Å². The summed E-state index contributed by atoms with van der Waals surface area (Å²) in [6, 6.07) is 12.9. The molecule has 0 aliphatic heterocycles. The molecular weight excluding hydrogens is 263 g/mol. The molecule has 0 aliphatic carbocycles. The topological polar surface area (TPSA) is 34.1 Å². The monoisotopic (exact) mass is 276 g/mol. The van der Waals surface area contributed by atoms with Crippen LogP contribution in [0.3, 0.4) is 0 Å². The Labute approximate surface area is 113 Å². The molecule has 1 atom stereocenters. The van der Waals surface area contributed by atoms with E-state index in [4.69, 9.17) is 0 Å². The number of carbonyl (C=O) groups is 1. The minimum atomic E-state index is -1.45. The van der Waals surface area contributed by atoms with Crippen molar-refractivity contribution in [1.82, 2.24) is 0 Å². The highest BCUT2D eigenvalue weighted by Gasteiger charge is 2.16. The van der Waals surface area contributed by atoms with Gasteiger partial charge in [-0.15, -0.1) is 0 Å². The molecule has 0 heterocycles. The van der Waals surface area contributed by atoms with Gasteiger partial charge < -0.3 is 0 Å². The van der Waals surface area contributed by atoms with Crippen molar-refractivity contribution in [3.05, 3.63) is 65.5 Å². The number of benzene rings is 2. The first-order valence-corrected chi connectivity index (χ1v) is 7.13. The quantitative estimate of drug-likeness (QED) is 0.804. The van der Waals surface area contributed by atoms with Crippen molar-refractivity contribution in [2.45, 2.75) is 11.8 Å². The van der Waals surface area contributed by atoms with Crippen LogP contribution in [0.25, 0.3) is 0 Å². The molecule has 2 nitrogen and oxygen atoms in total. The molecule has 0 aliphatic rings. The minimum absolute atomic E-state index is 0.00978. The number of rotatable bonds is 4. The Hall–Kier alpha value is -1.81. The zero-order valence-electron chi connectivity index (χ0n) is 10.4. The van der Waals surface area contributed by atoms with Gasteiger partial charge in [0.2, 0.25) is 0 Å². The van der Waals surface area contributed by atoms with E-state index >= 15 is 0 Å². The zero-order chi connectivity index (χ0) is 13.8. The summed E-state index contributed by atoms with van der Waals surface area (Å²) in [6.45, 7) is 1.83. The number of hydrogen-bond donors (Lipinski definition) is 0. The van der Waals surface area contributed by atoms with Crippen LogP contribution in [0.15, 0.2) is 53.4 Å². The second-order valence-corrected chi connectivity index (χ2v) is 5.58. The summed E-state index contributed by atoms with van der Waals surface area (Å²) in [5, 5.41) is 0. The molecule has 98 valence electrons. The van der Waals surface area contributed by atoms with Crippen LogP contribution >= 0.6 is 0 Å². The molecule has 2 aromatic carbocycles. The number of carbonyl (C=O) groups excluding carboxylic acids is 1. The summed E-state index contributed by atoms with van der Waals surface area (Å²) in [5.41, 5.74) is 0.853. The third-order valence-corrected chi connectivity index (χ3v) is 4.25. The summed E-state index contributed by atoms with van der Waals surface area (Å²) in [6.07, 6.45) is 0. The van der Waals surface area contributed by atoms with E-state index in [9.17, 15) is 13.4 Å². The second kappa shape index (κ2) is 5.89. The van der Waals surface area contributed by atoms with E-state index in [1.807, 2.05) is 19.1 Å². The standard InChI is InChI=1S/C15H13FO2S/c1-11-6-2-5-9-15(11)19(18)10-14(17)12-7-3-4-8-13(12)16/h2-9H,10H2,1H3. The van der Waals surface area contributed by atoms with E-state index in [1.165, 1.54) is 18.2 Å². The maximum absolute atomic E-state index is 13.5. The van der Waals surface area contributed by atoms with Crippen LogP contribution in [0.2, 0.25) is 0 Å². The Morgan fingerprint density at radius 3 is 2.42 bits per heavy atom. The van der Waals surface area contributed by atoms with Crippen LogP contribution in [0.4, 0.5) is 4.39 Å². The first-order valence-electron chi connectivity index (χ1n) is 5.81. The van der Waals surface area contributed by atoms with E-state index in [0.717, 1.165) is 5.56 Å². The lowest BCUT2D eigenvalue weighted by Gasteiger charge is -2.05. The summed E-state index contributed by atoms with van der Waals surface area (Å²) in [4.78, 5) is 12.5. The van der Waals surface area contributed by atoms with Crippen LogP contribution in [0.1, 0.15) is 15.9 Å². The molecule has 0 aromatic heterocycles. The average molecular weight is 276 g/mol. The molecule has 2 rings (SSSR count). The van der Waals surface area contributed by atoms with E-state index < -0.39 is 22.4 Å². The SMILES string of the molecule is Cc1ccccc1S(=O)CC(=O)c1ccccc1F. The number of ketones is 1. The third-order valence-electron chi connectivity index (χ3n) is 2.78. The predicted molar refractivity (Wildman–Crippen MR) is 73.2 cm³/mol. The molecule has 1 unspecified atom stereocenters. The highest BCUT2D eigenvalue weighted by molar-refractivity contribution is 7.85. The maximum Gasteiger partial charge on any atom is 0.178 e. The largest absolute Gasteiger partial charge is 0.293 e. The lowest BCUT2D eigenvalue weighted by atomic mass is 10.1. The van der Waals surface area contributed by atoms with Crippen LogP contribution in [-0.2, 0) is 10.8 Å². The normalized spacial score (nSPS) is 12.1. The predicted octanol–water partition coefficient (Wildman–Crippen LogP) is 3.12. The third kappa shape index (κ3) is 3.15. The first-order chi connectivity index (χ1) is 9.09. The Morgan fingerprint density at radius 2 is 1.74 bits per heavy atom. The summed E-state index contributed by atoms with van der Waals surface area (Å²) >= 11 is 0. The molecule has 2 aromatic rings. The fourth-order valence-corrected chi connectivity index (χ4v) is 2.98. The molecule has 0 radical (unpaired) electrons. The molecule has 4 heteroatoms. The van der Waals surface area contributed by atoms with Gasteiger partial charge in [-0.3, -0.25) is 9.00 Å². The Balaban J connectivity index is 2.19. The van der Waals surface area contributed by atoms with Crippen molar-refractivity contribution in [2.24, 2.45) is 0 Å². The molecule has 0 fully saturated rings. The average Bonchev–Trinajstić information content (AvgIpc) is 2.39. The van der Waals surface area contributed by atoms with Gasteiger partial charge in [0.25, 0.3) is 0 Å². The summed E-state index contributed by atoms with van der Waals surface area (Å²) in [5.74, 6) is -1.22. The van der Waals surface area contributed by atoms with Gasteiger partial charge in [-0.1, -0.05) is 30.3 Å². The first kappa shape index (κ1) is 13.6. The van der Waals surface area contributed by atoms with Gasteiger partial charge in [-0.2, -0.15) is 0 Å². The summed E-state index contributed by atoms with van der Waals surface area (Å²) < 4.78 is 25.6. The molecular formula is C15H13FO2S. The Morgan fingerprint density at radius 1 is 1.11 bits per heavy atom. The highest BCUT2D eigenvalue weighted by atomic mass is 32.2. The molecule has 0 saturated carbocycles. The van der Waals surface area contributed by atoms with Gasteiger partial charge in [0.15, 0.2) is 5.78 Å². The fraction of sp³-hybridized carbons (Fsp3) is 0.133. The van der Waals surface area contributed by atoms with Gasteiger partial charge in [0, 0.05) is 4.90 Å². The van der Waals surface area contributed by atoms with Crippen molar-refractivity contribution in [2.75, 3.05) is 5.75 Å². The molecule has 0 bridgehead atoms. The molecule has 0 N–H and O–H groups in total. The van der Waals surface area contributed by atoms with Gasteiger partial charge in [0.05, 0.1) is 22.1 Å². The van der Waals surface area contributed by atoms with Crippen LogP contribution in [-0.4, -0.2) is 15.7 Å². The molecule has 0 saturated heterocycles. The number of hydrogen-bond acceptors (Lipinski definition) is 2. The lowest BCUT2D eigenvalue weighted by molar-refractivity contribution is 0.101. The minimum Gasteiger partial charge on any atom is -0.293 e. The summed E-state index contributed by atoms with van der Waals surface area (Å²) in [7, 11) is -1.45. The van der Waals surface area contributed by atoms with Crippen LogP contribution < -0.4 is 0 Å². The number of aryl methyl sites for hydroxylation is 1. The maximum atomic E-state index is 13.5. The van der Waals surface area contributed by atoms with Gasteiger partial charge >= 0.3 is 0 Å². The van der Waals surface area contributed by atoms with Crippen molar-refractivity contribution in [3.63, 3.8) is 0 Å². The van der Waals surface area contributed by atoms with E-state index in [2.05, 4.69) is 0 Å². The van der Waals surface area contributed by atoms with E-state index in [1.54, 1.807) is 18.2 Å². The van der Waals surface area contributed by atoms with Gasteiger partial charge in [-0.05, 0) is 30.7 Å². The number of halogens is 1. The lowest BCUT2D eigenvalue weighted by Crippen LogP contribution is -2.13. The van der Waals surface area contributed by atoms with Crippen LogP contribution in [0, 0.1) is 12.7 Å². The Kier molecular flexibility index (Phi) is 4.22. The highest BCUT2D eigenvalue weighted by Crippen LogP contribution is 2.15. The Bertz CT molecular complexity index is 582. The number of Topliss-reactive ketones (excluding diaryl/α,β-unsaturated/α-hetero) is 1. The van der Waals surface area contributed by atoms with Crippen molar-refractivity contribution in [1.29, 1.82) is 0 Å². The smallest absolute Gasteiger partial charge is 0.178 e. The fourth-order valence-electron chi connectivity index (χ4n) is 1.77. The molecule has 19 heavy (non-hydrogen) atoms.